The predicted octanol–water partition coefficient (Wildman–Crippen LogP) is 2.31. The van der Waals surface area contributed by atoms with E-state index in [9.17, 15) is 0 Å². The Morgan fingerprint density at radius 3 is 2.33 bits per heavy atom. The minimum atomic E-state index is 0.307. The van der Waals surface area contributed by atoms with Crippen molar-refractivity contribution in [2.45, 2.75) is 58.1 Å². The summed E-state index contributed by atoms with van der Waals surface area (Å²) in [6, 6.07) is 0. The van der Waals surface area contributed by atoms with Crippen LogP contribution in [0.2, 0.25) is 0 Å². The van der Waals surface area contributed by atoms with Crippen molar-refractivity contribution >= 4 is 0 Å². The van der Waals surface area contributed by atoms with Gasteiger partial charge in [-0.3, -0.25) is 0 Å². The molecule has 0 aromatic heterocycles. The summed E-state index contributed by atoms with van der Waals surface area (Å²) < 4.78 is 10.7. The van der Waals surface area contributed by atoms with E-state index in [4.69, 9.17) is 9.47 Å². The molecule has 1 N–H and O–H groups in total. The first-order chi connectivity index (χ1) is 7.26. The Morgan fingerprint density at radius 1 is 1.20 bits per heavy atom. The van der Waals surface area contributed by atoms with Gasteiger partial charge < -0.3 is 14.8 Å². The quantitative estimate of drug-likeness (QED) is 0.737. The van der Waals surface area contributed by atoms with Gasteiger partial charge in [0.15, 0.2) is 0 Å². The molecule has 0 spiro atoms. The third kappa shape index (κ3) is 3.74. The maximum atomic E-state index is 5.52. The zero-order valence-corrected chi connectivity index (χ0v) is 10.3. The van der Waals surface area contributed by atoms with Crippen LogP contribution in [0.3, 0.4) is 0 Å². The summed E-state index contributed by atoms with van der Waals surface area (Å²) in [7, 11) is 0. The van der Waals surface area contributed by atoms with Crippen LogP contribution in [0.25, 0.3) is 0 Å². The minimum absolute atomic E-state index is 0.307. The van der Waals surface area contributed by atoms with Crippen molar-refractivity contribution in [3.05, 3.63) is 0 Å². The molecule has 1 atom stereocenters. The SMILES string of the molecule is CCC(CC)(CC)NCC1CCOCO1. The summed E-state index contributed by atoms with van der Waals surface area (Å²) in [5, 5.41) is 3.67. The van der Waals surface area contributed by atoms with E-state index >= 15 is 0 Å². The third-order valence-electron chi connectivity index (χ3n) is 3.71. The molecule has 1 aliphatic rings. The van der Waals surface area contributed by atoms with Gasteiger partial charge in [-0.25, -0.2) is 0 Å². The molecule has 0 saturated carbocycles. The van der Waals surface area contributed by atoms with E-state index < -0.39 is 0 Å². The fourth-order valence-corrected chi connectivity index (χ4v) is 2.12. The monoisotopic (exact) mass is 215 g/mol. The highest BCUT2D eigenvalue weighted by Gasteiger charge is 2.25. The molecule has 1 heterocycles. The average Bonchev–Trinajstić information content (AvgIpc) is 2.33. The zero-order chi connectivity index (χ0) is 11.1. The van der Waals surface area contributed by atoms with Crippen molar-refractivity contribution in [3.8, 4) is 0 Å². The van der Waals surface area contributed by atoms with Crippen molar-refractivity contribution in [1.29, 1.82) is 0 Å². The fraction of sp³-hybridized carbons (Fsp3) is 1.00. The first-order valence-corrected chi connectivity index (χ1v) is 6.20. The third-order valence-corrected chi connectivity index (χ3v) is 3.71. The van der Waals surface area contributed by atoms with Crippen molar-refractivity contribution in [2.24, 2.45) is 0 Å². The van der Waals surface area contributed by atoms with Crippen LogP contribution in [0.5, 0.6) is 0 Å². The fourth-order valence-electron chi connectivity index (χ4n) is 2.12. The van der Waals surface area contributed by atoms with Crippen LogP contribution in [0.15, 0.2) is 0 Å². The number of ether oxygens (including phenoxy) is 2. The van der Waals surface area contributed by atoms with Gasteiger partial charge in [-0.05, 0) is 25.7 Å². The largest absolute Gasteiger partial charge is 0.355 e. The molecule has 15 heavy (non-hydrogen) atoms. The number of nitrogens with one attached hydrogen (secondary N) is 1. The number of rotatable bonds is 6. The molecule has 0 aromatic carbocycles. The Hall–Kier alpha value is -0.120. The Kier molecular flexibility index (Phi) is 5.58. The van der Waals surface area contributed by atoms with Gasteiger partial charge in [0.2, 0.25) is 0 Å². The van der Waals surface area contributed by atoms with E-state index in [0.717, 1.165) is 19.6 Å². The summed E-state index contributed by atoms with van der Waals surface area (Å²) in [6.07, 6.45) is 4.90. The van der Waals surface area contributed by atoms with Crippen LogP contribution in [0.4, 0.5) is 0 Å². The molecule has 1 saturated heterocycles. The maximum absolute atomic E-state index is 5.52. The highest BCUT2D eigenvalue weighted by atomic mass is 16.7. The lowest BCUT2D eigenvalue weighted by molar-refractivity contribution is -0.138. The second-order valence-electron chi connectivity index (χ2n) is 4.33. The lowest BCUT2D eigenvalue weighted by Gasteiger charge is -2.34. The van der Waals surface area contributed by atoms with Crippen LogP contribution in [0.1, 0.15) is 46.5 Å². The van der Waals surface area contributed by atoms with Gasteiger partial charge in [0.1, 0.15) is 6.79 Å². The molecule has 90 valence electrons. The normalized spacial score (nSPS) is 23.0. The summed E-state index contributed by atoms with van der Waals surface area (Å²) in [4.78, 5) is 0. The lowest BCUT2D eigenvalue weighted by atomic mass is 9.89. The summed E-state index contributed by atoms with van der Waals surface area (Å²) in [6.45, 7) is 9.02. The molecule has 0 radical (unpaired) electrons. The second kappa shape index (κ2) is 6.46. The van der Waals surface area contributed by atoms with Gasteiger partial charge in [-0.15, -0.1) is 0 Å². The first kappa shape index (κ1) is 12.9. The molecule has 1 fully saturated rings. The molecule has 0 aliphatic carbocycles. The summed E-state index contributed by atoms with van der Waals surface area (Å²) in [5.41, 5.74) is 0.307. The molecule has 1 rings (SSSR count). The van der Waals surface area contributed by atoms with E-state index in [1.807, 2.05) is 0 Å². The minimum Gasteiger partial charge on any atom is -0.355 e. The van der Waals surface area contributed by atoms with Crippen LogP contribution in [0, 0.1) is 0 Å². The van der Waals surface area contributed by atoms with Crippen LogP contribution < -0.4 is 5.32 Å². The van der Waals surface area contributed by atoms with Crippen LogP contribution >= 0.6 is 0 Å². The van der Waals surface area contributed by atoms with Crippen molar-refractivity contribution < 1.29 is 9.47 Å². The molecule has 0 aromatic rings. The van der Waals surface area contributed by atoms with Gasteiger partial charge >= 0.3 is 0 Å². The van der Waals surface area contributed by atoms with Gasteiger partial charge in [0.05, 0.1) is 12.7 Å². The van der Waals surface area contributed by atoms with E-state index in [1.54, 1.807) is 0 Å². The van der Waals surface area contributed by atoms with Crippen molar-refractivity contribution in [2.75, 3.05) is 19.9 Å². The van der Waals surface area contributed by atoms with E-state index in [0.29, 0.717) is 18.4 Å². The average molecular weight is 215 g/mol. The summed E-state index contributed by atoms with van der Waals surface area (Å²) in [5.74, 6) is 0. The molecule has 3 nitrogen and oxygen atoms in total. The molecule has 3 heteroatoms. The second-order valence-corrected chi connectivity index (χ2v) is 4.33. The van der Waals surface area contributed by atoms with Gasteiger partial charge in [-0.2, -0.15) is 0 Å². The zero-order valence-electron chi connectivity index (χ0n) is 10.3. The highest BCUT2D eigenvalue weighted by molar-refractivity contribution is 4.85. The first-order valence-electron chi connectivity index (χ1n) is 6.20. The molecule has 0 amide bonds. The Balaban J connectivity index is 2.31. The predicted molar refractivity (Wildman–Crippen MR) is 61.9 cm³/mol. The van der Waals surface area contributed by atoms with Gasteiger partial charge in [0, 0.05) is 12.1 Å². The van der Waals surface area contributed by atoms with Crippen LogP contribution in [-0.2, 0) is 9.47 Å². The molecular formula is C12H25NO2. The Morgan fingerprint density at radius 2 is 1.87 bits per heavy atom. The topological polar surface area (TPSA) is 30.5 Å². The Bertz CT molecular complexity index is 155. The van der Waals surface area contributed by atoms with Gasteiger partial charge in [-0.1, -0.05) is 20.8 Å². The van der Waals surface area contributed by atoms with E-state index in [-0.39, 0.29) is 0 Å². The smallest absolute Gasteiger partial charge is 0.147 e. The standard InChI is InChI=1S/C12H25NO2/c1-4-12(5-2,6-3)13-9-11-7-8-14-10-15-11/h11,13H,4-10H2,1-3H3. The van der Waals surface area contributed by atoms with Crippen molar-refractivity contribution in [1.82, 2.24) is 5.32 Å². The number of hydrogen-bond donors (Lipinski definition) is 1. The molecular weight excluding hydrogens is 190 g/mol. The summed E-state index contributed by atoms with van der Waals surface area (Å²) >= 11 is 0. The lowest BCUT2D eigenvalue weighted by Crippen LogP contribution is -2.48. The number of hydrogen-bond acceptors (Lipinski definition) is 3. The molecule has 0 bridgehead atoms. The maximum Gasteiger partial charge on any atom is 0.147 e. The van der Waals surface area contributed by atoms with Crippen LogP contribution in [-0.4, -0.2) is 31.6 Å². The molecule has 1 aliphatic heterocycles. The molecule has 1 unspecified atom stereocenters. The highest BCUT2D eigenvalue weighted by Crippen LogP contribution is 2.19. The van der Waals surface area contributed by atoms with Gasteiger partial charge in [0.25, 0.3) is 0 Å². The van der Waals surface area contributed by atoms with Crippen molar-refractivity contribution in [3.63, 3.8) is 0 Å². The Labute approximate surface area is 93.5 Å². The van der Waals surface area contributed by atoms with E-state index in [1.165, 1.54) is 19.3 Å². The van der Waals surface area contributed by atoms with E-state index in [2.05, 4.69) is 26.1 Å².